The monoisotopic (exact) mass is 750 g/mol. The van der Waals surface area contributed by atoms with Gasteiger partial charge in [-0.05, 0) is 72.3 Å². The Morgan fingerprint density at radius 3 is 2.39 bits per heavy atom. The van der Waals surface area contributed by atoms with E-state index >= 15 is 0 Å². The summed E-state index contributed by atoms with van der Waals surface area (Å²) in [5, 5.41) is 22.6. The number of fused-ring (bicyclic) bond motifs is 1. The number of carbonyl (C=O) groups excluding carboxylic acids is 1. The molecule has 2 heterocycles. The van der Waals surface area contributed by atoms with Gasteiger partial charge in [0.1, 0.15) is 17.6 Å². The molecule has 2 unspecified atom stereocenters. The highest BCUT2D eigenvalue weighted by Crippen LogP contribution is 2.43. The molecule has 3 aromatic carbocycles. The molecule has 5 N–H and O–H groups in total. The number of aliphatic carboxylic acids is 2. The number of carbonyl (C=O) groups is 3. The number of benzene rings is 3. The third-order valence-corrected chi connectivity index (χ3v) is 10.2. The SMILES string of the molecule is CCOc1cc([C@H](Nc2ccc3c(N)nccc3c2)C(=O)N2CCC(C(=O)O)C2c2ccccc2S(=O)(=O)CC)ccc1Cl.O=C(O)C(F)(F)F. The number of nitrogen functional groups attached to an aromatic ring is 1. The molecule has 1 aliphatic heterocycles. The van der Waals surface area contributed by atoms with Crippen LogP contribution in [0, 0.1) is 5.92 Å². The number of pyridine rings is 1. The summed E-state index contributed by atoms with van der Waals surface area (Å²) in [5.74, 6) is -4.70. The lowest BCUT2D eigenvalue weighted by atomic mass is 9.93. The number of sulfone groups is 1. The third-order valence-electron chi connectivity index (χ3n) is 8.14. The normalized spacial score (nSPS) is 16.5. The Hall–Kier alpha value is -5.09. The van der Waals surface area contributed by atoms with E-state index in [0.717, 1.165) is 10.8 Å². The number of aromatic nitrogens is 1. The van der Waals surface area contributed by atoms with E-state index in [1.807, 2.05) is 19.1 Å². The average molecular weight is 751 g/mol. The van der Waals surface area contributed by atoms with Crippen LogP contribution in [0.1, 0.15) is 43.5 Å². The Morgan fingerprint density at radius 2 is 1.76 bits per heavy atom. The molecule has 0 spiro atoms. The molecule has 3 atom stereocenters. The molecule has 17 heteroatoms. The molecule has 51 heavy (non-hydrogen) atoms. The number of carboxylic acids is 2. The molecule has 0 bridgehead atoms. The highest BCUT2D eigenvalue weighted by atomic mass is 35.5. The van der Waals surface area contributed by atoms with Gasteiger partial charge in [-0.2, -0.15) is 13.2 Å². The van der Waals surface area contributed by atoms with Crippen LogP contribution < -0.4 is 15.8 Å². The number of anilines is 2. The first-order valence-corrected chi connectivity index (χ1v) is 17.5. The molecule has 1 aliphatic rings. The van der Waals surface area contributed by atoms with Crippen LogP contribution in [0.2, 0.25) is 5.02 Å². The Balaban J connectivity index is 0.000000755. The van der Waals surface area contributed by atoms with Gasteiger partial charge >= 0.3 is 18.1 Å². The van der Waals surface area contributed by atoms with Gasteiger partial charge in [-0.3, -0.25) is 9.59 Å². The average Bonchev–Trinajstić information content (AvgIpc) is 3.54. The number of hydrogen-bond acceptors (Lipinski definition) is 9. The summed E-state index contributed by atoms with van der Waals surface area (Å²) >= 11 is 6.38. The first-order valence-electron chi connectivity index (χ1n) is 15.5. The maximum absolute atomic E-state index is 14.6. The van der Waals surface area contributed by atoms with E-state index in [0.29, 0.717) is 34.4 Å². The minimum absolute atomic E-state index is 0.0220. The lowest BCUT2D eigenvalue weighted by Crippen LogP contribution is -2.39. The molecule has 12 nitrogen and oxygen atoms in total. The number of halogens is 4. The van der Waals surface area contributed by atoms with Crippen LogP contribution in [0.5, 0.6) is 5.75 Å². The zero-order chi connectivity index (χ0) is 37.7. The van der Waals surface area contributed by atoms with Gasteiger partial charge in [0.2, 0.25) is 5.91 Å². The van der Waals surface area contributed by atoms with E-state index in [2.05, 4.69) is 10.3 Å². The molecule has 0 radical (unpaired) electrons. The summed E-state index contributed by atoms with van der Waals surface area (Å²) in [6, 6.07) is 16.6. The van der Waals surface area contributed by atoms with Gasteiger partial charge in [0.25, 0.3) is 0 Å². The number of likely N-dealkylation sites (tertiary alicyclic amines) is 1. The quantitative estimate of drug-likeness (QED) is 0.146. The van der Waals surface area contributed by atoms with Crippen molar-refractivity contribution in [1.29, 1.82) is 0 Å². The highest BCUT2D eigenvalue weighted by Gasteiger charge is 2.45. The van der Waals surface area contributed by atoms with Crippen molar-refractivity contribution in [3.05, 3.63) is 89.1 Å². The fraction of sp³-hybridized carbons (Fsp3) is 0.294. The van der Waals surface area contributed by atoms with Crippen molar-refractivity contribution in [2.24, 2.45) is 5.92 Å². The zero-order valence-electron chi connectivity index (χ0n) is 27.2. The van der Waals surface area contributed by atoms with Crippen LogP contribution in [0.3, 0.4) is 0 Å². The van der Waals surface area contributed by atoms with E-state index in [-0.39, 0.29) is 29.2 Å². The molecule has 4 aromatic rings. The number of carboxylic acid groups (broad SMARTS) is 2. The van der Waals surface area contributed by atoms with Crippen molar-refractivity contribution in [3.63, 3.8) is 0 Å². The van der Waals surface area contributed by atoms with E-state index < -0.39 is 51.9 Å². The predicted molar refractivity (Wildman–Crippen MR) is 183 cm³/mol. The molecule has 0 aliphatic carbocycles. The van der Waals surface area contributed by atoms with E-state index in [1.54, 1.807) is 54.7 Å². The fourth-order valence-corrected chi connectivity index (χ4v) is 7.04. The molecule has 5 rings (SSSR count). The second kappa shape index (κ2) is 15.9. The number of alkyl halides is 3. The Bertz CT molecular complexity index is 2050. The van der Waals surface area contributed by atoms with Crippen molar-refractivity contribution in [1.82, 2.24) is 9.88 Å². The van der Waals surface area contributed by atoms with Gasteiger partial charge in [0.15, 0.2) is 9.84 Å². The molecule has 0 saturated carbocycles. The summed E-state index contributed by atoms with van der Waals surface area (Å²) in [6.45, 7) is 3.82. The summed E-state index contributed by atoms with van der Waals surface area (Å²) in [4.78, 5) is 41.6. The van der Waals surface area contributed by atoms with Gasteiger partial charge in [-0.1, -0.05) is 42.8 Å². The maximum Gasteiger partial charge on any atom is 0.490 e. The first kappa shape index (κ1) is 38.7. The zero-order valence-corrected chi connectivity index (χ0v) is 28.8. The van der Waals surface area contributed by atoms with Gasteiger partial charge in [0, 0.05) is 23.8 Å². The number of nitrogens with zero attached hydrogens (tertiary/aromatic N) is 2. The number of nitrogens with one attached hydrogen (secondary N) is 1. The predicted octanol–water partition coefficient (Wildman–Crippen LogP) is 6.12. The summed E-state index contributed by atoms with van der Waals surface area (Å²) in [6.07, 6.45) is -3.33. The minimum atomic E-state index is -5.08. The molecular formula is C34H34ClF3N4O8S. The van der Waals surface area contributed by atoms with Crippen molar-refractivity contribution < 1.29 is 50.9 Å². The number of nitrogens with two attached hydrogens (primary N) is 1. The summed E-state index contributed by atoms with van der Waals surface area (Å²) in [7, 11) is -3.72. The molecule has 1 saturated heterocycles. The highest BCUT2D eigenvalue weighted by molar-refractivity contribution is 7.91. The molecule has 1 fully saturated rings. The maximum atomic E-state index is 14.6. The number of amides is 1. The summed E-state index contributed by atoms with van der Waals surface area (Å²) in [5.41, 5.74) is 7.46. The number of rotatable bonds is 10. The van der Waals surface area contributed by atoms with Crippen LogP contribution in [-0.4, -0.2) is 71.4 Å². The van der Waals surface area contributed by atoms with Gasteiger partial charge in [-0.25, -0.2) is 18.2 Å². The van der Waals surface area contributed by atoms with Crippen LogP contribution in [0.15, 0.2) is 77.8 Å². The van der Waals surface area contributed by atoms with Gasteiger partial charge in [-0.15, -0.1) is 0 Å². The van der Waals surface area contributed by atoms with E-state index in [4.69, 9.17) is 32.0 Å². The molecule has 1 aromatic heterocycles. The minimum Gasteiger partial charge on any atom is -0.492 e. The Morgan fingerprint density at radius 1 is 1.08 bits per heavy atom. The van der Waals surface area contributed by atoms with Crippen molar-refractivity contribution in [2.45, 2.75) is 43.4 Å². The second-order valence-corrected chi connectivity index (χ2v) is 13.9. The van der Waals surface area contributed by atoms with Crippen LogP contribution >= 0.6 is 11.6 Å². The van der Waals surface area contributed by atoms with Crippen LogP contribution in [-0.2, 0) is 24.2 Å². The summed E-state index contributed by atoms with van der Waals surface area (Å²) < 4.78 is 63.6. The van der Waals surface area contributed by atoms with Gasteiger partial charge in [0.05, 0.1) is 34.2 Å². The second-order valence-electron chi connectivity index (χ2n) is 11.3. The molecular weight excluding hydrogens is 717 g/mol. The lowest BCUT2D eigenvalue weighted by molar-refractivity contribution is -0.192. The number of hydrogen-bond donors (Lipinski definition) is 4. The van der Waals surface area contributed by atoms with Crippen LogP contribution in [0.4, 0.5) is 24.7 Å². The smallest absolute Gasteiger partial charge is 0.490 e. The Kier molecular flexibility index (Phi) is 12.0. The fourth-order valence-electron chi connectivity index (χ4n) is 5.72. The number of ether oxygens (including phenoxy) is 1. The molecule has 272 valence electrons. The third kappa shape index (κ3) is 8.80. The lowest BCUT2D eigenvalue weighted by Gasteiger charge is -2.32. The standard InChI is InChI=1S/C32H33ClN4O6S.C2HF3O2/c1-3-43-26-18-20(9-12-25(26)33)28(36-21-10-11-22-19(17-21)13-15-35-30(22)34)31(38)37-16-14-24(32(39)40)29(37)23-7-5-6-8-27(23)44(41,42)4-2;3-2(4,5)1(6)7/h5-13,15,17-18,24,28-29,36H,3-4,14,16H2,1-2H3,(H2,34,35)(H,39,40);(H,6,7)/t24?,28-,29?;/m0./s1. The first-order chi connectivity index (χ1) is 24.0. The molecule has 1 amide bonds. The largest absolute Gasteiger partial charge is 0.492 e. The van der Waals surface area contributed by atoms with E-state index in [9.17, 15) is 36.3 Å². The van der Waals surface area contributed by atoms with Crippen molar-refractivity contribution in [2.75, 3.05) is 30.0 Å². The topological polar surface area (TPSA) is 189 Å². The van der Waals surface area contributed by atoms with Crippen molar-refractivity contribution in [3.8, 4) is 5.75 Å². The van der Waals surface area contributed by atoms with E-state index in [1.165, 1.54) is 17.9 Å². The van der Waals surface area contributed by atoms with Gasteiger partial charge < -0.3 is 30.9 Å². The van der Waals surface area contributed by atoms with Crippen LogP contribution in [0.25, 0.3) is 10.8 Å². The van der Waals surface area contributed by atoms with Crippen molar-refractivity contribution >= 4 is 61.6 Å². The Labute approximate surface area is 295 Å².